The molecule has 6 heteroatoms. The number of nitrogens with one attached hydrogen (secondary N) is 2. The molecule has 0 bridgehead atoms. The van der Waals surface area contributed by atoms with Crippen molar-refractivity contribution >= 4 is 17.4 Å². The van der Waals surface area contributed by atoms with Gasteiger partial charge in [0.15, 0.2) is 0 Å². The summed E-state index contributed by atoms with van der Waals surface area (Å²) < 4.78 is 0. The third kappa shape index (κ3) is 5.57. The fourth-order valence-electron chi connectivity index (χ4n) is 3.30. The number of hydrogen-bond acceptors (Lipinski definition) is 4. The fourth-order valence-corrected chi connectivity index (χ4v) is 4.04. The van der Waals surface area contributed by atoms with Gasteiger partial charge in [-0.25, -0.2) is 9.78 Å². The molecule has 22 heavy (non-hydrogen) atoms. The summed E-state index contributed by atoms with van der Waals surface area (Å²) in [6.07, 6.45) is 3.13. The third-order valence-corrected chi connectivity index (χ3v) is 4.86. The first-order chi connectivity index (χ1) is 10.4. The van der Waals surface area contributed by atoms with Crippen molar-refractivity contribution in [1.29, 1.82) is 0 Å². The van der Waals surface area contributed by atoms with E-state index in [1.54, 1.807) is 11.3 Å². The van der Waals surface area contributed by atoms with E-state index in [1.165, 1.54) is 6.42 Å². The molecule has 1 saturated heterocycles. The zero-order valence-corrected chi connectivity index (χ0v) is 14.9. The van der Waals surface area contributed by atoms with E-state index in [0.717, 1.165) is 41.4 Å². The van der Waals surface area contributed by atoms with Gasteiger partial charge in [0.1, 0.15) is 0 Å². The molecule has 0 spiro atoms. The van der Waals surface area contributed by atoms with Gasteiger partial charge in [-0.15, -0.1) is 11.3 Å². The summed E-state index contributed by atoms with van der Waals surface area (Å²) in [5.74, 6) is 1.50. The Labute approximate surface area is 137 Å². The van der Waals surface area contributed by atoms with Crippen LogP contribution in [0.4, 0.5) is 4.79 Å². The van der Waals surface area contributed by atoms with Gasteiger partial charge >= 0.3 is 6.03 Å². The molecule has 0 saturated carbocycles. The Morgan fingerprint density at radius 2 is 2.14 bits per heavy atom. The van der Waals surface area contributed by atoms with Crippen molar-refractivity contribution in [3.8, 4) is 0 Å². The number of rotatable bonds is 5. The molecule has 2 N–H and O–H groups in total. The molecule has 1 aliphatic rings. The molecule has 2 rings (SSSR count). The second-order valence-electron chi connectivity index (χ2n) is 6.74. The lowest BCUT2D eigenvalue weighted by Crippen LogP contribution is -2.49. The Kier molecular flexibility index (Phi) is 6.20. The number of aryl methyl sites for hydroxylation is 1. The number of hydrogen-bond donors (Lipinski definition) is 2. The van der Waals surface area contributed by atoms with E-state index in [0.29, 0.717) is 6.54 Å². The van der Waals surface area contributed by atoms with Crippen LogP contribution in [-0.2, 0) is 6.54 Å². The number of nitrogens with zero attached hydrogens (tertiary/aromatic N) is 2. The minimum absolute atomic E-state index is 0.100. The number of likely N-dealkylation sites (tertiary alicyclic amines) is 1. The molecule has 1 aromatic rings. The Morgan fingerprint density at radius 3 is 2.73 bits per heavy atom. The summed E-state index contributed by atoms with van der Waals surface area (Å²) in [5.41, 5.74) is 0. The number of carbonyl (C=O) groups excluding carboxylic acids is 1. The number of urea groups is 1. The van der Waals surface area contributed by atoms with Crippen LogP contribution in [0, 0.1) is 18.8 Å². The lowest BCUT2D eigenvalue weighted by Gasteiger charge is -2.36. The van der Waals surface area contributed by atoms with E-state index in [-0.39, 0.29) is 12.1 Å². The van der Waals surface area contributed by atoms with E-state index in [9.17, 15) is 4.79 Å². The number of carbonyl (C=O) groups is 1. The van der Waals surface area contributed by atoms with Gasteiger partial charge in [0.25, 0.3) is 0 Å². The predicted octanol–water partition coefficient (Wildman–Crippen LogP) is 2.62. The maximum atomic E-state index is 11.9. The molecule has 0 aromatic carbocycles. The van der Waals surface area contributed by atoms with Crippen LogP contribution in [-0.4, -0.2) is 41.6 Å². The van der Waals surface area contributed by atoms with Crippen LogP contribution in [0.1, 0.15) is 37.1 Å². The minimum atomic E-state index is -0.100. The zero-order chi connectivity index (χ0) is 16.1. The molecule has 2 heterocycles. The topological polar surface area (TPSA) is 57.3 Å². The molecule has 1 aliphatic heterocycles. The monoisotopic (exact) mass is 324 g/mol. The Morgan fingerprint density at radius 1 is 1.45 bits per heavy atom. The molecule has 2 amide bonds. The van der Waals surface area contributed by atoms with Crippen molar-refractivity contribution in [3.63, 3.8) is 0 Å². The molecular weight excluding hydrogens is 296 g/mol. The molecule has 5 nitrogen and oxygen atoms in total. The summed E-state index contributed by atoms with van der Waals surface area (Å²) in [5, 5.41) is 6.95. The summed E-state index contributed by atoms with van der Waals surface area (Å²) in [6, 6.07) is 0.0531. The van der Waals surface area contributed by atoms with Gasteiger partial charge in [-0.1, -0.05) is 13.8 Å². The quantitative estimate of drug-likeness (QED) is 0.875. The predicted molar refractivity (Wildman–Crippen MR) is 91.1 cm³/mol. The molecule has 0 aliphatic carbocycles. The Balaban J connectivity index is 1.69. The van der Waals surface area contributed by atoms with Crippen LogP contribution in [0.25, 0.3) is 0 Å². The summed E-state index contributed by atoms with van der Waals surface area (Å²) in [7, 11) is 0. The van der Waals surface area contributed by atoms with Crippen molar-refractivity contribution in [2.75, 3.05) is 19.6 Å². The highest BCUT2D eigenvalue weighted by atomic mass is 32.1. The largest absolute Gasteiger partial charge is 0.334 e. The molecule has 3 atom stereocenters. The zero-order valence-electron chi connectivity index (χ0n) is 14.1. The second-order valence-corrected chi connectivity index (χ2v) is 8.06. The van der Waals surface area contributed by atoms with E-state index in [4.69, 9.17) is 0 Å². The average molecular weight is 324 g/mol. The molecule has 0 radical (unpaired) electrons. The average Bonchev–Trinajstić information content (AvgIpc) is 2.80. The molecule has 3 unspecified atom stereocenters. The first-order valence-corrected chi connectivity index (χ1v) is 8.92. The van der Waals surface area contributed by atoms with E-state index in [1.807, 2.05) is 13.1 Å². The fraction of sp³-hybridized carbons (Fsp3) is 0.750. The lowest BCUT2D eigenvalue weighted by molar-refractivity contribution is 0.131. The van der Waals surface area contributed by atoms with Crippen LogP contribution < -0.4 is 10.6 Å². The van der Waals surface area contributed by atoms with Gasteiger partial charge in [0.05, 0.1) is 11.6 Å². The molecule has 124 valence electrons. The molecule has 1 fully saturated rings. The number of aromatic nitrogens is 1. The first kappa shape index (κ1) is 17.2. The van der Waals surface area contributed by atoms with Crippen LogP contribution >= 0.6 is 11.3 Å². The van der Waals surface area contributed by atoms with E-state index in [2.05, 4.69) is 41.3 Å². The van der Waals surface area contributed by atoms with Gasteiger partial charge in [-0.2, -0.15) is 0 Å². The van der Waals surface area contributed by atoms with Crippen molar-refractivity contribution in [3.05, 3.63) is 16.1 Å². The smallest absolute Gasteiger partial charge is 0.315 e. The SMILES string of the molecule is Cc1ncc(CNC(=O)NC(C)CN2CC(C)CC(C)C2)s1. The van der Waals surface area contributed by atoms with Crippen molar-refractivity contribution in [2.24, 2.45) is 11.8 Å². The van der Waals surface area contributed by atoms with Crippen LogP contribution in [0.15, 0.2) is 6.20 Å². The third-order valence-electron chi connectivity index (χ3n) is 3.95. The summed E-state index contributed by atoms with van der Waals surface area (Å²) >= 11 is 1.62. The lowest BCUT2D eigenvalue weighted by atomic mass is 9.92. The van der Waals surface area contributed by atoms with Crippen LogP contribution in [0.5, 0.6) is 0 Å². The number of thiazole rings is 1. The summed E-state index contributed by atoms with van der Waals surface area (Å²) in [4.78, 5) is 19.7. The maximum absolute atomic E-state index is 11.9. The normalized spacial score (nSPS) is 24.0. The van der Waals surface area contributed by atoms with E-state index < -0.39 is 0 Å². The van der Waals surface area contributed by atoms with Gasteiger partial charge in [0.2, 0.25) is 0 Å². The highest BCUT2D eigenvalue weighted by molar-refractivity contribution is 7.11. The van der Waals surface area contributed by atoms with Crippen molar-refractivity contribution < 1.29 is 4.79 Å². The highest BCUT2D eigenvalue weighted by Crippen LogP contribution is 2.20. The van der Waals surface area contributed by atoms with Gasteiger partial charge < -0.3 is 15.5 Å². The van der Waals surface area contributed by atoms with E-state index >= 15 is 0 Å². The van der Waals surface area contributed by atoms with Crippen molar-refractivity contribution in [1.82, 2.24) is 20.5 Å². The molecular formula is C16H28N4OS. The first-order valence-electron chi connectivity index (χ1n) is 8.10. The minimum Gasteiger partial charge on any atom is -0.334 e. The maximum Gasteiger partial charge on any atom is 0.315 e. The number of amides is 2. The van der Waals surface area contributed by atoms with Crippen LogP contribution in [0.2, 0.25) is 0 Å². The standard InChI is InChI=1S/C16H28N4OS/c1-11-5-12(2)9-20(8-11)10-13(3)19-16(21)18-7-15-6-17-14(4)22-15/h6,11-13H,5,7-10H2,1-4H3,(H2,18,19,21). The summed E-state index contributed by atoms with van der Waals surface area (Å²) in [6.45, 7) is 12.4. The number of piperidine rings is 1. The van der Waals surface area contributed by atoms with Crippen LogP contribution in [0.3, 0.4) is 0 Å². The Bertz CT molecular complexity index is 480. The second kappa shape index (κ2) is 7.92. The van der Waals surface area contributed by atoms with Gasteiger partial charge in [-0.05, 0) is 32.1 Å². The van der Waals surface area contributed by atoms with Crippen molar-refractivity contribution in [2.45, 2.75) is 46.7 Å². The molecule has 1 aromatic heterocycles. The highest BCUT2D eigenvalue weighted by Gasteiger charge is 2.23. The Hall–Kier alpha value is -1.14. The van der Waals surface area contributed by atoms with Gasteiger partial charge in [0, 0.05) is 36.8 Å². The van der Waals surface area contributed by atoms with Gasteiger partial charge in [-0.3, -0.25) is 0 Å².